The van der Waals surface area contributed by atoms with Crippen LogP contribution in [0.15, 0.2) is 0 Å². The second kappa shape index (κ2) is 2.30. The molecule has 3 N–H and O–H groups in total. The third-order valence-electron chi connectivity index (χ3n) is 0.937. The Morgan fingerprint density at radius 3 is 1.90 bits per heavy atom. The van der Waals surface area contributed by atoms with Crippen molar-refractivity contribution in [1.29, 1.82) is 0 Å². The van der Waals surface area contributed by atoms with Crippen LogP contribution in [0.1, 0.15) is 6.92 Å². The number of alkyl halides is 1. The van der Waals surface area contributed by atoms with E-state index in [0.29, 0.717) is 6.92 Å². The molecule has 0 aromatic heterocycles. The van der Waals surface area contributed by atoms with Crippen molar-refractivity contribution in [3.05, 3.63) is 0 Å². The van der Waals surface area contributed by atoms with Crippen molar-refractivity contribution in [1.82, 2.24) is 0 Å². The van der Waals surface area contributed by atoms with Gasteiger partial charge in [0.15, 0.2) is 0 Å². The summed E-state index contributed by atoms with van der Waals surface area (Å²) in [7, 11) is -5.19. The van der Waals surface area contributed by atoms with Crippen LogP contribution in [0.3, 0.4) is 0 Å². The van der Waals surface area contributed by atoms with E-state index in [-0.39, 0.29) is 0 Å². The van der Waals surface area contributed by atoms with Crippen LogP contribution in [-0.2, 0) is 9.36 Å². The summed E-state index contributed by atoms with van der Waals surface area (Å²) in [5.74, 6) is -2.17. The number of hydrogen-bond acceptors (Lipinski definition) is 2. The predicted molar refractivity (Wildman–Crippen MR) is 29.2 cm³/mol. The van der Waals surface area contributed by atoms with Gasteiger partial charge < -0.3 is 14.9 Å². The highest BCUT2D eigenvalue weighted by Gasteiger charge is 2.50. The molecule has 0 fully saturated rings. The molecule has 0 aliphatic heterocycles. The number of rotatable bonds is 2. The molecule has 0 radical (unpaired) electrons. The summed E-state index contributed by atoms with van der Waals surface area (Å²) in [4.78, 5) is 25.9. The maximum absolute atomic E-state index is 12.4. The number of carbonyl (C=O) groups is 1. The van der Waals surface area contributed by atoms with E-state index in [0.717, 1.165) is 0 Å². The van der Waals surface area contributed by atoms with Crippen molar-refractivity contribution >= 4 is 13.6 Å². The fourth-order valence-electron chi connectivity index (χ4n) is 0.125. The van der Waals surface area contributed by atoms with E-state index < -0.39 is 19.0 Å². The van der Waals surface area contributed by atoms with E-state index in [1.807, 2.05) is 0 Å². The molecular weight excluding hydrogens is 166 g/mol. The normalized spacial score (nSPS) is 18.0. The first-order valence-corrected chi connectivity index (χ1v) is 3.79. The van der Waals surface area contributed by atoms with Gasteiger partial charge in [0.05, 0.1) is 0 Å². The van der Waals surface area contributed by atoms with Crippen LogP contribution in [0.5, 0.6) is 0 Å². The lowest BCUT2D eigenvalue weighted by atomic mass is 10.4. The molecule has 0 aromatic carbocycles. The van der Waals surface area contributed by atoms with Crippen LogP contribution in [0.2, 0.25) is 0 Å². The number of carboxylic acids is 1. The summed E-state index contributed by atoms with van der Waals surface area (Å²) in [6, 6.07) is 0. The number of hydrogen-bond donors (Lipinski definition) is 3. The second-order valence-electron chi connectivity index (χ2n) is 1.80. The number of halogens is 1. The molecule has 10 heavy (non-hydrogen) atoms. The van der Waals surface area contributed by atoms with Gasteiger partial charge in [-0.25, -0.2) is 9.18 Å². The van der Waals surface area contributed by atoms with Crippen molar-refractivity contribution < 1.29 is 28.6 Å². The van der Waals surface area contributed by atoms with E-state index in [1.54, 1.807) is 0 Å². The summed E-state index contributed by atoms with van der Waals surface area (Å²) >= 11 is 0. The van der Waals surface area contributed by atoms with Crippen LogP contribution in [-0.4, -0.2) is 26.3 Å². The highest BCUT2D eigenvalue weighted by Crippen LogP contribution is 2.51. The van der Waals surface area contributed by atoms with Gasteiger partial charge in [0.1, 0.15) is 0 Å². The molecule has 0 saturated heterocycles. The van der Waals surface area contributed by atoms with Gasteiger partial charge in [-0.05, 0) is 6.92 Å². The Bertz CT molecular complexity index is 193. The zero-order valence-corrected chi connectivity index (χ0v) is 5.88. The Labute approximate surface area is 55.6 Å². The molecule has 60 valence electrons. The van der Waals surface area contributed by atoms with E-state index in [4.69, 9.17) is 14.9 Å². The fraction of sp³-hybridized carbons (Fsp3) is 0.667. The maximum Gasteiger partial charge on any atom is 0.373 e. The summed E-state index contributed by atoms with van der Waals surface area (Å²) < 4.78 is 22.4. The summed E-state index contributed by atoms with van der Waals surface area (Å²) in [5.41, 5.74) is 0. The SMILES string of the molecule is CC(F)(C(=O)O)P(=O)(O)O. The average Bonchev–Trinajstić information content (AvgIpc) is 1.62. The molecule has 7 heteroatoms. The predicted octanol–water partition coefficient (Wildman–Crippen LogP) is -0.0656. The van der Waals surface area contributed by atoms with Crippen LogP contribution in [0.4, 0.5) is 4.39 Å². The van der Waals surface area contributed by atoms with Crippen LogP contribution in [0.25, 0.3) is 0 Å². The van der Waals surface area contributed by atoms with Crippen molar-refractivity contribution in [2.75, 3.05) is 0 Å². The van der Waals surface area contributed by atoms with Gasteiger partial charge in [-0.1, -0.05) is 0 Å². The van der Waals surface area contributed by atoms with Crippen molar-refractivity contribution in [2.45, 2.75) is 12.3 Å². The van der Waals surface area contributed by atoms with Gasteiger partial charge in [-0.15, -0.1) is 0 Å². The van der Waals surface area contributed by atoms with Gasteiger partial charge >= 0.3 is 19.0 Å². The third kappa shape index (κ3) is 1.53. The van der Waals surface area contributed by atoms with Gasteiger partial charge in [-0.3, -0.25) is 4.57 Å². The molecule has 1 unspecified atom stereocenters. The zero-order chi connectivity index (χ0) is 8.58. The van der Waals surface area contributed by atoms with E-state index >= 15 is 0 Å². The van der Waals surface area contributed by atoms with E-state index in [1.165, 1.54) is 0 Å². The van der Waals surface area contributed by atoms with Crippen LogP contribution in [0, 0.1) is 0 Å². The van der Waals surface area contributed by atoms with Crippen molar-refractivity contribution in [3.8, 4) is 0 Å². The summed E-state index contributed by atoms with van der Waals surface area (Å²) in [5, 5.41) is 4.43. The third-order valence-corrected chi connectivity index (χ3v) is 2.22. The Morgan fingerprint density at radius 1 is 1.60 bits per heavy atom. The van der Waals surface area contributed by atoms with Gasteiger partial charge in [0.25, 0.3) is 0 Å². The van der Waals surface area contributed by atoms with E-state index in [2.05, 4.69) is 0 Å². The Kier molecular flexibility index (Phi) is 2.20. The zero-order valence-electron chi connectivity index (χ0n) is 4.98. The Morgan fingerprint density at radius 2 is 1.90 bits per heavy atom. The molecule has 0 heterocycles. The molecule has 0 aliphatic carbocycles. The molecule has 0 saturated carbocycles. The van der Waals surface area contributed by atoms with Gasteiger partial charge in [0.2, 0.25) is 0 Å². The number of carboxylic acid groups (broad SMARTS) is 1. The lowest BCUT2D eigenvalue weighted by Crippen LogP contribution is -2.29. The van der Waals surface area contributed by atoms with Gasteiger partial charge in [0, 0.05) is 0 Å². The maximum atomic E-state index is 12.4. The first-order valence-electron chi connectivity index (χ1n) is 2.17. The number of aliphatic carboxylic acids is 1. The first kappa shape index (κ1) is 9.55. The quantitative estimate of drug-likeness (QED) is 0.507. The molecule has 5 nitrogen and oxygen atoms in total. The van der Waals surface area contributed by atoms with Crippen molar-refractivity contribution in [3.63, 3.8) is 0 Å². The minimum Gasteiger partial charge on any atom is -0.478 e. The molecule has 0 aromatic rings. The smallest absolute Gasteiger partial charge is 0.373 e. The Balaban J connectivity index is 4.75. The highest BCUT2D eigenvalue weighted by atomic mass is 31.2. The topological polar surface area (TPSA) is 94.8 Å². The minimum atomic E-state index is -5.19. The van der Waals surface area contributed by atoms with Crippen LogP contribution < -0.4 is 0 Å². The molecule has 0 amide bonds. The van der Waals surface area contributed by atoms with Crippen molar-refractivity contribution in [2.24, 2.45) is 0 Å². The fourth-order valence-corrected chi connectivity index (χ4v) is 0.374. The lowest BCUT2D eigenvalue weighted by Gasteiger charge is -2.15. The Hall–Kier alpha value is -0.450. The highest BCUT2D eigenvalue weighted by molar-refractivity contribution is 7.54. The van der Waals surface area contributed by atoms with Crippen LogP contribution >= 0.6 is 7.60 Å². The summed E-state index contributed by atoms with van der Waals surface area (Å²) in [6.45, 7) is 0.316. The van der Waals surface area contributed by atoms with Gasteiger partial charge in [-0.2, -0.15) is 0 Å². The molecular formula is C3H6FO5P. The van der Waals surface area contributed by atoms with E-state index in [9.17, 15) is 13.8 Å². The summed E-state index contributed by atoms with van der Waals surface area (Å²) in [6.07, 6.45) is 0. The largest absolute Gasteiger partial charge is 0.478 e. The molecule has 0 bridgehead atoms. The molecule has 1 atom stereocenters. The molecule has 0 aliphatic rings. The minimum absolute atomic E-state index is 0.316. The lowest BCUT2D eigenvalue weighted by molar-refractivity contribution is -0.145. The second-order valence-corrected chi connectivity index (χ2v) is 3.73. The standard InChI is InChI=1S/C3H6FO5P/c1-3(4,2(5)6)10(7,8)9/h1H3,(H,5,6)(H2,7,8,9). The molecule has 0 spiro atoms. The monoisotopic (exact) mass is 172 g/mol. The average molecular weight is 172 g/mol. The molecule has 0 rings (SSSR count). The first-order chi connectivity index (χ1) is 4.19.